The van der Waals surface area contributed by atoms with Crippen molar-refractivity contribution >= 4 is 24.8 Å². The summed E-state index contributed by atoms with van der Waals surface area (Å²) in [5, 5.41) is 22.3. The molecule has 0 saturated carbocycles. The number of nitriles is 1. The highest BCUT2D eigenvalue weighted by molar-refractivity contribution is 5.85. The third-order valence-electron chi connectivity index (χ3n) is 3.74. The second kappa shape index (κ2) is 9.86. The van der Waals surface area contributed by atoms with Crippen molar-refractivity contribution in [2.45, 2.75) is 25.8 Å². The Balaban J connectivity index is 0.00000220. The Bertz CT molecular complexity index is 516. The van der Waals surface area contributed by atoms with Crippen LogP contribution < -0.4 is 5.32 Å². The van der Waals surface area contributed by atoms with Gasteiger partial charge in [0.1, 0.15) is 0 Å². The third kappa shape index (κ3) is 4.72. The van der Waals surface area contributed by atoms with Crippen LogP contribution in [-0.4, -0.2) is 36.2 Å². The number of aromatic hydroxyl groups is 1. The molecule has 7 heteroatoms. The van der Waals surface area contributed by atoms with E-state index in [1.165, 1.54) is 0 Å². The van der Waals surface area contributed by atoms with Crippen LogP contribution in [0.1, 0.15) is 36.9 Å². The van der Waals surface area contributed by atoms with Gasteiger partial charge >= 0.3 is 0 Å². The molecule has 1 aromatic rings. The van der Waals surface area contributed by atoms with E-state index in [4.69, 9.17) is 5.26 Å². The molecule has 1 heterocycles. The molecule has 0 spiro atoms. The summed E-state index contributed by atoms with van der Waals surface area (Å²) in [6.07, 6.45) is 1.77. The highest BCUT2D eigenvalue weighted by Crippen LogP contribution is 2.34. The summed E-state index contributed by atoms with van der Waals surface area (Å²) in [5.41, 5.74) is 0.789. The van der Waals surface area contributed by atoms with Crippen molar-refractivity contribution in [2.24, 2.45) is 0 Å². The monoisotopic (exact) mass is 349 g/mol. The van der Waals surface area contributed by atoms with Gasteiger partial charge in [0.25, 0.3) is 0 Å². The van der Waals surface area contributed by atoms with Crippen molar-refractivity contribution < 1.29 is 9.50 Å². The van der Waals surface area contributed by atoms with Gasteiger partial charge in [-0.1, -0.05) is 13.3 Å². The molecule has 1 saturated heterocycles. The van der Waals surface area contributed by atoms with E-state index in [9.17, 15) is 9.50 Å². The highest BCUT2D eigenvalue weighted by Gasteiger charge is 2.25. The van der Waals surface area contributed by atoms with Crippen LogP contribution in [0.2, 0.25) is 0 Å². The zero-order valence-electron chi connectivity index (χ0n) is 12.5. The molecule has 1 aliphatic rings. The fraction of sp³-hybridized carbons (Fsp3) is 0.533. The van der Waals surface area contributed by atoms with Crippen molar-refractivity contribution in [2.75, 3.05) is 26.2 Å². The SMILES string of the molecule is CCC[C@H](c1cc(C#N)cc(F)c1O)N1CCNCC1.Cl.Cl. The van der Waals surface area contributed by atoms with Gasteiger partial charge in [-0.05, 0) is 18.6 Å². The molecule has 0 radical (unpaired) electrons. The second-order valence-corrected chi connectivity index (χ2v) is 5.10. The molecule has 1 fully saturated rings. The first-order chi connectivity index (χ1) is 9.67. The molecular formula is C15H22Cl2FN3O. The first kappa shape index (κ1) is 20.9. The summed E-state index contributed by atoms with van der Waals surface area (Å²) >= 11 is 0. The normalized spacial score (nSPS) is 16.0. The van der Waals surface area contributed by atoms with Gasteiger partial charge in [-0.2, -0.15) is 5.26 Å². The van der Waals surface area contributed by atoms with E-state index in [0.717, 1.165) is 45.1 Å². The summed E-state index contributed by atoms with van der Waals surface area (Å²) in [4.78, 5) is 2.25. The Morgan fingerprint density at radius 1 is 1.36 bits per heavy atom. The van der Waals surface area contributed by atoms with Crippen LogP contribution in [0.25, 0.3) is 0 Å². The van der Waals surface area contributed by atoms with E-state index in [2.05, 4.69) is 17.1 Å². The van der Waals surface area contributed by atoms with Crippen molar-refractivity contribution in [3.8, 4) is 11.8 Å². The maximum absolute atomic E-state index is 13.8. The van der Waals surface area contributed by atoms with E-state index in [0.29, 0.717) is 5.56 Å². The van der Waals surface area contributed by atoms with Gasteiger partial charge in [0.15, 0.2) is 11.6 Å². The summed E-state index contributed by atoms with van der Waals surface area (Å²) in [5.74, 6) is -1.03. The molecule has 0 aliphatic carbocycles. The van der Waals surface area contributed by atoms with Crippen molar-refractivity contribution in [3.63, 3.8) is 0 Å². The molecule has 0 amide bonds. The fourth-order valence-corrected chi connectivity index (χ4v) is 2.74. The first-order valence-corrected chi connectivity index (χ1v) is 7.04. The van der Waals surface area contributed by atoms with Crippen LogP contribution in [-0.2, 0) is 0 Å². The maximum atomic E-state index is 13.8. The average Bonchev–Trinajstić information content (AvgIpc) is 2.48. The molecule has 0 aromatic heterocycles. The molecule has 1 aromatic carbocycles. The molecule has 2 rings (SSSR count). The van der Waals surface area contributed by atoms with E-state index in [-0.39, 0.29) is 42.2 Å². The summed E-state index contributed by atoms with van der Waals surface area (Å²) in [6.45, 7) is 5.57. The first-order valence-electron chi connectivity index (χ1n) is 7.04. The minimum atomic E-state index is -0.713. The van der Waals surface area contributed by atoms with Crippen LogP contribution >= 0.6 is 24.8 Å². The fourth-order valence-electron chi connectivity index (χ4n) is 2.74. The Labute approximate surface area is 143 Å². The van der Waals surface area contributed by atoms with Gasteiger partial charge in [-0.15, -0.1) is 24.8 Å². The molecule has 0 bridgehead atoms. The average molecular weight is 350 g/mol. The van der Waals surface area contributed by atoms with E-state index < -0.39 is 5.82 Å². The quantitative estimate of drug-likeness (QED) is 0.877. The van der Waals surface area contributed by atoms with Crippen LogP contribution in [0, 0.1) is 17.1 Å². The van der Waals surface area contributed by atoms with E-state index in [1.807, 2.05) is 6.07 Å². The molecule has 2 N–H and O–H groups in total. The smallest absolute Gasteiger partial charge is 0.166 e. The van der Waals surface area contributed by atoms with Crippen molar-refractivity contribution in [1.82, 2.24) is 10.2 Å². The number of phenols is 1. The van der Waals surface area contributed by atoms with E-state index >= 15 is 0 Å². The number of nitrogens with one attached hydrogen (secondary N) is 1. The van der Waals surface area contributed by atoms with Gasteiger partial charge in [0, 0.05) is 37.8 Å². The largest absolute Gasteiger partial charge is 0.505 e. The molecular weight excluding hydrogens is 328 g/mol. The molecule has 1 aliphatic heterocycles. The Morgan fingerprint density at radius 3 is 2.55 bits per heavy atom. The van der Waals surface area contributed by atoms with Gasteiger partial charge in [0.05, 0.1) is 11.6 Å². The Hall–Kier alpha value is -1.06. The predicted octanol–water partition coefficient (Wildman–Crippen LogP) is 2.99. The molecule has 124 valence electrons. The van der Waals surface area contributed by atoms with Gasteiger partial charge in [0.2, 0.25) is 0 Å². The van der Waals surface area contributed by atoms with E-state index in [1.54, 1.807) is 6.07 Å². The van der Waals surface area contributed by atoms with Gasteiger partial charge in [-0.3, -0.25) is 4.90 Å². The number of phenolic OH excluding ortho intramolecular Hbond substituents is 1. The number of halogens is 3. The molecule has 0 unspecified atom stereocenters. The number of hydrogen-bond donors (Lipinski definition) is 2. The van der Waals surface area contributed by atoms with Crippen molar-refractivity contribution in [3.05, 3.63) is 29.1 Å². The van der Waals surface area contributed by atoms with Crippen LogP contribution in [0.15, 0.2) is 12.1 Å². The lowest BCUT2D eigenvalue weighted by Crippen LogP contribution is -2.45. The third-order valence-corrected chi connectivity index (χ3v) is 3.74. The van der Waals surface area contributed by atoms with Crippen molar-refractivity contribution in [1.29, 1.82) is 5.26 Å². The lowest BCUT2D eigenvalue weighted by molar-refractivity contribution is 0.161. The minimum absolute atomic E-state index is 0. The molecule has 22 heavy (non-hydrogen) atoms. The maximum Gasteiger partial charge on any atom is 0.166 e. The second-order valence-electron chi connectivity index (χ2n) is 5.10. The van der Waals surface area contributed by atoms with Crippen LogP contribution in [0.3, 0.4) is 0 Å². The Morgan fingerprint density at radius 2 is 2.00 bits per heavy atom. The zero-order chi connectivity index (χ0) is 14.5. The standard InChI is InChI=1S/C15H20FN3O.2ClH/c1-2-3-14(19-6-4-18-5-7-19)12-8-11(10-17)9-13(16)15(12)20;;/h8-9,14,18,20H,2-7H2,1H3;2*1H/t14-;;/m1../s1. The lowest BCUT2D eigenvalue weighted by atomic mass is 9.97. The topological polar surface area (TPSA) is 59.3 Å². The lowest BCUT2D eigenvalue weighted by Gasteiger charge is -2.35. The molecule has 1 atom stereocenters. The van der Waals surface area contributed by atoms with Crippen LogP contribution in [0.5, 0.6) is 5.75 Å². The summed E-state index contributed by atoms with van der Waals surface area (Å²) in [6, 6.07) is 4.61. The number of rotatable bonds is 4. The minimum Gasteiger partial charge on any atom is -0.505 e. The van der Waals surface area contributed by atoms with Gasteiger partial charge in [-0.25, -0.2) is 4.39 Å². The summed E-state index contributed by atoms with van der Waals surface area (Å²) < 4.78 is 13.8. The van der Waals surface area contributed by atoms with Crippen LogP contribution in [0.4, 0.5) is 4.39 Å². The summed E-state index contributed by atoms with van der Waals surface area (Å²) in [7, 11) is 0. The number of piperazine rings is 1. The number of nitrogens with zero attached hydrogens (tertiary/aromatic N) is 2. The number of benzene rings is 1. The van der Waals surface area contributed by atoms with Gasteiger partial charge < -0.3 is 10.4 Å². The number of hydrogen-bond acceptors (Lipinski definition) is 4. The highest BCUT2D eigenvalue weighted by atomic mass is 35.5. The molecule has 4 nitrogen and oxygen atoms in total. The zero-order valence-corrected chi connectivity index (χ0v) is 14.1. The Kier molecular flexibility index (Phi) is 9.38. The predicted molar refractivity (Wildman–Crippen MR) is 89.4 cm³/mol.